The van der Waals surface area contributed by atoms with E-state index in [9.17, 15) is 5.11 Å². The largest absolute Gasteiger partial charge is 0.496 e. The standard InChI is InChI=1S/C13H12BrClO2S/c1-7-5-11(17-2)8(6-9(7)14)12(16)13-10(15)3-4-18-13/h3-6,12,16H,1-2H3. The van der Waals surface area contributed by atoms with E-state index < -0.39 is 6.10 Å². The van der Waals surface area contributed by atoms with E-state index in [2.05, 4.69) is 15.9 Å². The SMILES string of the molecule is COc1cc(C)c(Br)cc1C(O)c1sccc1Cl. The molecule has 0 fully saturated rings. The molecule has 96 valence electrons. The Bertz CT molecular complexity index is 568. The summed E-state index contributed by atoms with van der Waals surface area (Å²) in [6.07, 6.45) is -0.774. The van der Waals surface area contributed by atoms with E-state index in [1.165, 1.54) is 11.3 Å². The lowest BCUT2D eigenvalue weighted by molar-refractivity contribution is 0.218. The van der Waals surface area contributed by atoms with Crippen molar-refractivity contribution in [3.63, 3.8) is 0 Å². The molecule has 1 unspecified atom stereocenters. The number of methoxy groups -OCH3 is 1. The van der Waals surface area contributed by atoms with Gasteiger partial charge in [-0.2, -0.15) is 0 Å². The molecule has 0 amide bonds. The molecule has 1 N–H and O–H groups in total. The van der Waals surface area contributed by atoms with Crippen LogP contribution in [-0.4, -0.2) is 12.2 Å². The zero-order valence-corrected chi connectivity index (χ0v) is 13.1. The molecule has 0 bridgehead atoms. The number of ether oxygens (including phenoxy) is 1. The lowest BCUT2D eigenvalue weighted by Gasteiger charge is -2.16. The predicted molar refractivity (Wildman–Crippen MR) is 78.8 cm³/mol. The second-order valence-corrected chi connectivity index (χ2v) is 6.09. The zero-order valence-electron chi connectivity index (χ0n) is 9.91. The van der Waals surface area contributed by atoms with Gasteiger partial charge in [-0.05, 0) is 36.1 Å². The Morgan fingerprint density at radius 3 is 2.72 bits per heavy atom. The first-order valence-electron chi connectivity index (χ1n) is 5.29. The lowest BCUT2D eigenvalue weighted by Crippen LogP contribution is -2.02. The first kappa shape index (κ1) is 13.9. The van der Waals surface area contributed by atoms with E-state index in [-0.39, 0.29) is 0 Å². The van der Waals surface area contributed by atoms with Crippen molar-refractivity contribution in [1.82, 2.24) is 0 Å². The van der Waals surface area contributed by atoms with Gasteiger partial charge in [-0.25, -0.2) is 0 Å². The van der Waals surface area contributed by atoms with Crippen molar-refractivity contribution in [2.45, 2.75) is 13.0 Å². The summed E-state index contributed by atoms with van der Waals surface area (Å²) in [5.74, 6) is 0.660. The van der Waals surface area contributed by atoms with Crippen molar-refractivity contribution < 1.29 is 9.84 Å². The molecule has 0 saturated carbocycles. The summed E-state index contributed by atoms with van der Waals surface area (Å²) >= 11 is 10.9. The van der Waals surface area contributed by atoms with Gasteiger partial charge in [0.15, 0.2) is 0 Å². The number of thiophene rings is 1. The second-order valence-electron chi connectivity index (χ2n) is 3.88. The third-order valence-electron chi connectivity index (χ3n) is 2.70. The van der Waals surface area contributed by atoms with E-state index in [4.69, 9.17) is 16.3 Å². The van der Waals surface area contributed by atoms with Crippen LogP contribution in [0.15, 0.2) is 28.1 Å². The van der Waals surface area contributed by atoms with Crippen molar-refractivity contribution in [2.24, 2.45) is 0 Å². The fraction of sp³-hybridized carbons (Fsp3) is 0.231. The summed E-state index contributed by atoms with van der Waals surface area (Å²) in [6, 6.07) is 5.54. The molecular formula is C13H12BrClO2S. The molecule has 2 nitrogen and oxygen atoms in total. The van der Waals surface area contributed by atoms with E-state index in [0.717, 1.165) is 14.9 Å². The normalized spacial score (nSPS) is 12.5. The van der Waals surface area contributed by atoms with Crippen molar-refractivity contribution in [3.8, 4) is 5.75 Å². The average molecular weight is 348 g/mol. The zero-order chi connectivity index (χ0) is 13.3. The van der Waals surface area contributed by atoms with E-state index in [0.29, 0.717) is 16.3 Å². The maximum Gasteiger partial charge on any atom is 0.125 e. The number of rotatable bonds is 3. The highest BCUT2D eigenvalue weighted by atomic mass is 79.9. The van der Waals surface area contributed by atoms with Gasteiger partial charge < -0.3 is 9.84 Å². The van der Waals surface area contributed by atoms with Gasteiger partial charge in [0.2, 0.25) is 0 Å². The van der Waals surface area contributed by atoms with Crippen LogP contribution in [0.2, 0.25) is 5.02 Å². The topological polar surface area (TPSA) is 29.5 Å². The molecule has 0 aliphatic carbocycles. The number of benzene rings is 1. The van der Waals surface area contributed by atoms with Crippen molar-refractivity contribution in [2.75, 3.05) is 7.11 Å². The molecule has 2 aromatic rings. The lowest BCUT2D eigenvalue weighted by atomic mass is 10.0. The molecule has 0 radical (unpaired) electrons. The van der Waals surface area contributed by atoms with Crippen LogP contribution in [0.1, 0.15) is 22.1 Å². The van der Waals surface area contributed by atoms with Gasteiger partial charge >= 0.3 is 0 Å². The van der Waals surface area contributed by atoms with Gasteiger partial charge in [-0.3, -0.25) is 0 Å². The Labute approximate surface area is 123 Å². The molecule has 1 atom stereocenters. The van der Waals surface area contributed by atoms with Crippen LogP contribution >= 0.6 is 38.9 Å². The number of halogens is 2. The van der Waals surface area contributed by atoms with E-state index in [1.54, 1.807) is 13.2 Å². The molecule has 1 aromatic carbocycles. The number of hydrogen-bond donors (Lipinski definition) is 1. The smallest absolute Gasteiger partial charge is 0.125 e. The first-order valence-corrected chi connectivity index (χ1v) is 7.34. The predicted octanol–water partition coefficient (Wildman–Crippen LogP) is 4.56. The van der Waals surface area contributed by atoms with E-state index in [1.807, 2.05) is 24.4 Å². The van der Waals surface area contributed by atoms with Crippen molar-refractivity contribution >= 4 is 38.9 Å². The minimum Gasteiger partial charge on any atom is -0.496 e. The number of hydrogen-bond acceptors (Lipinski definition) is 3. The fourth-order valence-electron chi connectivity index (χ4n) is 1.70. The maximum atomic E-state index is 10.4. The highest BCUT2D eigenvalue weighted by molar-refractivity contribution is 9.10. The first-order chi connectivity index (χ1) is 8.54. The third-order valence-corrected chi connectivity index (χ3v) is 4.96. The summed E-state index contributed by atoms with van der Waals surface area (Å²) in [7, 11) is 1.59. The van der Waals surface area contributed by atoms with Crippen LogP contribution in [-0.2, 0) is 0 Å². The van der Waals surface area contributed by atoms with Crippen LogP contribution in [0.4, 0.5) is 0 Å². The molecule has 18 heavy (non-hydrogen) atoms. The molecule has 5 heteroatoms. The van der Waals surface area contributed by atoms with Gasteiger partial charge in [0.05, 0.1) is 17.0 Å². The Morgan fingerprint density at radius 2 is 2.17 bits per heavy atom. The molecule has 0 aliphatic heterocycles. The maximum absolute atomic E-state index is 10.4. The molecule has 0 aliphatic rings. The second kappa shape index (κ2) is 5.61. The Morgan fingerprint density at radius 1 is 1.44 bits per heavy atom. The van der Waals surface area contributed by atoms with Crippen LogP contribution < -0.4 is 4.74 Å². The van der Waals surface area contributed by atoms with Gasteiger partial charge in [-0.15, -0.1) is 11.3 Å². The minimum atomic E-state index is -0.774. The van der Waals surface area contributed by atoms with E-state index >= 15 is 0 Å². The minimum absolute atomic E-state index is 0.575. The summed E-state index contributed by atoms with van der Waals surface area (Å²) in [5, 5.41) is 12.8. The molecule has 1 heterocycles. The third kappa shape index (κ3) is 2.57. The van der Waals surface area contributed by atoms with Gasteiger partial charge in [0.1, 0.15) is 11.9 Å². The van der Waals surface area contributed by atoms with Crippen LogP contribution in [0.5, 0.6) is 5.75 Å². The van der Waals surface area contributed by atoms with Gasteiger partial charge in [0, 0.05) is 10.0 Å². The number of aryl methyl sites for hydroxylation is 1. The Balaban J connectivity index is 2.50. The Kier molecular flexibility index (Phi) is 4.33. The van der Waals surface area contributed by atoms with Crippen LogP contribution in [0.25, 0.3) is 0 Å². The fourth-order valence-corrected chi connectivity index (χ4v) is 3.23. The summed E-state index contributed by atoms with van der Waals surface area (Å²) < 4.78 is 6.26. The summed E-state index contributed by atoms with van der Waals surface area (Å²) in [4.78, 5) is 0.728. The van der Waals surface area contributed by atoms with Gasteiger partial charge in [-0.1, -0.05) is 27.5 Å². The summed E-state index contributed by atoms with van der Waals surface area (Å²) in [6.45, 7) is 1.97. The Hall–Kier alpha value is -0.550. The summed E-state index contributed by atoms with van der Waals surface area (Å²) in [5.41, 5.74) is 1.76. The highest BCUT2D eigenvalue weighted by Crippen LogP contribution is 2.38. The van der Waals surface area contributed by atoms with Crippen molar-refractivity contribution in [3.05, 3.63) is 49.1 Å². The number of aliphatic hydroxyl groups excluding tert-OH is 1. The highest BCUT2D eigenvalue weighted by Gasteiger charge is 2.20. The molecular weight excluding hydrogens is 336 g/mol. The molecule has 1 aromatic heterocycles. The quantitative estimate of drug-likeness (QED) is 0.882. The van der Waals surface area contributed by atoms with Crippen molar-refractivity contribution in [1.29, 1.82) is 0 Å². The molecule has 0 saturated heterocycles. The van der Waals surface area contributed by atoms with Crippen LogP contribution in [0, 0.1) is 6.92 Å². The van der Waals surface area contributed by atoms with Crippen LogP contribution in [0.3, 0.4) is 0 Å². The number of aliphatic hydroxyl groups is 1. The van der Waals surface area contributed by atoms with Gasteiger partial charge in [0.25, 0.3) is 0 Å². The average Bonchev–Trinajstić information content (AvgIpc) is 2.77. The molecule has 0 spiro atoms. The molecule has 2 rings (SSSR count). The monoisotopic (exact) mass is 346 g/mol.